The lowest BCUT2D eigenvalue weighted by Crippen LogP contribution is -2.68. The fraction of sp³-hybridized carbons (Fsp3) is 0.476. The van der Waals surface area contributed by atoms with Gasteiger partial charge in [0.15, 0.2) is 11.7 Å². The topological polar surface area (TPSA) is 3.88 Å². The molecule has 1 aromatic heterocycles. The summed E-state index contributed by atoms with van der Waals surface area (Å²) in [6.07, 6.45) is 5.68. The van der Waals surface area contributed by atoms with E-state index in [0.717, 1.165) is 43.0 Å². The lowest BCUT2D eigenvalue weighted by molar-refractivity contribution is -0.766. The molecule has 0 amide bonds. The van der Waals surface area contributed by atoms with Gasteiger partial charge in [-0.3, -0.25) is 0 Å². The first-order valence-electron chi connectivity index (χ1n) is 8.96. The Kier molecular flexibility index (Phi) is 4.23. The number of halogens is 2. The third kappa shape index (κ3) is 2.06. The number of pyridine rings is 1. The number of nitrogens with zero attached hydrogens (tertiary/aromatic N) is 1. The molecule has 1 aliphatic rings. The first-order valence-corrected chi connectivity index (χ1v) is 8.96. The first kappa shape index (κ1) is 17.1. The van der Waals surface area contributed by atoms with E-state index in [9.17, 15) is 8.78 Å². The monoisotopic (exact) mass is 330 g/mol. The Morgan fingerprint density at radius 3 is 2.42 bits per heavy atom. The molecule has 24 heavy (non-hydrogen) atoms. The standard InChI is InChI=1S/C21H26F2N/c1-5-11-21(7-3)16-13-15(22)14-17(23)19(16)18-10-8-9-12-24(18)20(21,4)6-2/h8-10,12-14H,5-7,11H2,1-4H3/q+1. The van der Waals surface area contributed by atoms with Crippen molar-refractivity contribution in [2.75, 3.05) is 0 Å². The number of fused-ring (bicyclic) bond motifs is 3. The molecular weight excluding hydrogens is 304 g/mol. The van der Waals surface area contributed by atoms with Gasteiger partial charge >= 0.3 is 0 Å². The minimum atomic E-state index is -0.483. The summed E-state index contributed by atoms with van der Waals surface area (Å²) >= 11 is 0. The second-order valence-corrected chi connectivity index (χ2v) is 7.08. The van der Waals surface area contributed by atoms with Crippen molar-refractivity contribution < 1.29 is 13.3 Å². The van der Waals surface area contributed by atoms with E-state index in [1.807, 2.05) is 24.4 Å². The van der Waals surface area contributed by atoms with E-state index < -0.39 is 11.6 Å². The Hall–Kier alpha value is -1.77. The second-order valence-electron chi connectivity index (χ2n) is 7.08. The van der Waals surface area contributed by atoms with Crippen LogP contribution in [0.25, 0.3) is 11.3 Å². The normalized spacial score (nSPS) is 25.2. The highest BCUT2D eigenvalue weighted by atomic mass is 19.1. The molecule has 3 heteroatoms. The summed E-state index contributed by atoms with van der Waals surface area (Å²) in [7, 11) is 0. The molecule has 0 aliphatic carbocycles. The lowest BCUT2D eigenvalue weighted by atomic mass is 9.57. The van der Waals surface area contributed by atoms with Gasteiger partial charge < -0.3 is 0 Å². The Morgan fingerprint density at radius 2 is 1.79 bits per heavy atom. The summed E-state index contributed by atoms with van der Waals surface area (Å²) < 4.78 is 31.2. The predicted octanol–water partition coefficient (Wildman–Crippen LogP) is 5.51. The van der Waals surface area contributed by atoms with Gasteiger partial charge in [-0.1, -0.05) is 27.2 Å². The van der Waals surface area contributed by atoms with Crippen LogP contribution in [0.15, 0.2) is 36.5 Å². The molecule has 0 radical (unpaired) electrons. The van der Waals surface area contributed by atoms with Crippen LogP contribution in [-0.2, 0) is 11.0 Å². The molecule has 0 fully saturated rings. The van der Waals surface area contributed by atoms with E-state index in [1.165, 1.54) is 0 Å². The molecule has 2 aromatic rings. The zero-order chi connectivity index (χ0) is 17.5. The van der Waals surface area contributed by atoms with E-state index in [1.54, 1.807) is 6.07 Å². The molecule has 0 bridgehead atoms. The maximum Gasteiger partial charge on any atom is 0.216 e. The number of rotatable bonds is 4. The molecule has 3 rings (SSSR count). The summed E-state index contributed by atoms with van der Waals surface area (Å²) in [4.78, 5) is 0. The van der Waals surface area contributed by atoms with E-state index in [4.69, 9.17) is 0 Å². The highest BCUT2D eigenvalue weighted by molar-refractivity contribution is 5.66. The van der Waals surface area contributed by atoms with Crippen LogP contribution in [0.5, 0.6) is 0 Å². The number of hydrogen-bond acceptors (Lipinski definition) is 0. The van der Waals surface area contributed by atoms with Crippen LogP contribution < -0.4 is 4.57 Å². The Balaban J connectivity index is 2.48. The molecule has 128 valence electrons. The van der Waals surface area contributed by atoms with Crippen molar-refractivity contribution in [2.24, 2.45) is 0 Å². The van der Waals surface area contributed by atoms with Crippen molar-refractivity contribution in [1.29, 1.82) is 0 Å². The molecule has 2 heterocycles. The predicted molar refractivity (Wildman–Crippen MR) is 92.8 cm³/mol. The Labute approximate surface area is 143 Å². The molecule has 0 saturated heterocycles. The second kappa shape index (κ2) is 5.94. The zero-order valence-corrected chi connectivity index (χ0v) is 15.0. The van der Waals surface area contributed by atoms with Crippen LogP contribution in [0.2, 0.25) is 0 Å². The van der Waals surface area contributed by atoms with Gasteiger partial charge in [0.05, 0.1) is 11.0 Å². The minimum Gasteiger partial charge on any atom is -0.207 e. The largest absolute Gasteiger partial charge is 0.216 e. The van der Waals surface area contributed by atoms with E-state index in [-0.39, 0.29) is 11.0 Å². The van der Waals surface area contributed by atoms with Crippen molar-refractivity contribution in [3.05, 3.63) is 53.7 Å². The van der Waals surface area contributed by atoms with Gasteiger partial charge in [0.1, 0.15) is 11.6 Å². The summed E-state index contributed by atoms with van der Waals surface area (Å²) in [6.45, 7) is 8.70. The molecule has 1 aromatic carbocycles. The van der Waals surface area contributed by atoms with Crippen molar-refractivity contribution in [1.82, 2.24) is 0 Å². The average molecular weight is 330 g/mol. The lowest BCUT2D eigenvalue weighted by Gasteiger charge is -2.48. The fourth-order valence-corrected chi connectivity index (χ4v) is 4.90. The Bertz CT molecular complexity index is 770. The van der Waals surface area contributed by atoms with E-state index >= 15 is 0 Å². The van der Waals surface area contributed by atoms with Crippen molar-refractivity contribution in [3.8, 4) is 11.3 Å². The minimum absolute atomic E-state index is 0.221. The Morgan fingerprint density at radius 1 is 1.04 bits per heavy atom. The molecule has 1 aliphatic heterocycles. The van der Waals surface area contributed by atoms with Gasteiger partial charge in [0.25, 0.3) is 0 Å². The van der Waals surface area contributed by atoms with E-state index in [2.05, 4.69) is 32.3 Å². The third-order valence-corrected chi connectivity index (χ3v) is 6.22. The highest BCUT2D eigenvalue weighted by Gasteiger charge is 2.58. The molecule has 0 saturated carbocycles. The summed E-state index contributed by atoms with van der Waals surface area (Å²) in [5, 5.41) is 0. The molecule has 0 spiro atoms. The molecule has 2 unspecified atom stereocenters. The molecule has 0 N–H and O–H groups in total. The van der Waals surface area contributed by atoms with Gasteiger partial charge in [-0.25, -0.2) is 8.78 Å². The smallest absolute Gasteiger partial charge is 0.207 e. The summed E-state index contributed by atoms with van der Waals surface area (Å²) in [5.74, 6) is -0.944. The molecule has 2 atom stereocenters. The number of hydrogen-bond donors (Lipinski definition) is 0. The SMILES string of the molecule is CCCC1(CC)c2cc(F)cc(F)c2-c2cccc[n+]2C1(C)CC. The maximum absolute atomic E-state index is 14.8. The fourth-order valence-electron chi connectivity index (χ4n) is 4.90. The first-order chi connectivity index (χ1) is 11.4. The maximum atomic E-state index is 14.8. The number of aromatic nitrogens is 1. The van der Waals surface area contributed by atoms with Gasteiger partial charge in [-0.2, -0.15) is 4.57 Å². The van der Waals surface area contributed by atoms with Crippen LogP contribution in [0.3, 0.4) is 0 Å². The summed E-state index contributed by atoms with van der Waals surface area (Å²) in [6, 6.07) is 8.45. The van der Waals surface area contributed by atoms with E-state index in [0.29, 0.717) is 5.56 Å². The average Bonchev–Trinajstić information content (AvgIpc) is 2.58. The van der Waals surface area contributed by atoms with Crippen molar-refractivity contribution >= 4 is 0 Å². The van der Waals surface area contributed by atoms with Crippen molar-refractivity contribution in [2.45, 2.75) is 64.3 Å². The quantitative estimate of drug-likeness (QED) is 0.651. The van der Waals surface area contributed by atoms with Crippen molar-refractivity contribution in [3.63, 3.8) is 0 Å². The van der Waals surface area contributed by atoms with Crippen LogP contribution >= 0.6 is 0 Å². The highest BCUT2D eigenvalue weighted by Crippen LogP contribution is 2.52. The number of benzene rings is 1. The summed E-state index contributed by atoms with van der Waals surface area (Å²) in [5.41, 5.74) is 1.74. The van der Waals surface area contributed by atoms with Gasteiger partial charge in [-0.15, -0.1) is 0 Å². The van der Waals surface area contributed by atoms with Crippen LogP contribution in [-0.4, -0.2) is 0 Å². The third-order valence-electron chi connectivity index (χ3n) is 6.22. The molecule has 1 nitrogen and oxygen atoms in total. The van der Waals surface area contributed by atoms with Gasteiger partial charge in [0, 0.05) is 31.5 Å². The van der Waals surface area contributed by atoms with Crippen LogP contribution in [0.4, 0.5) is 8.78 Å². The molecular formula is C21H26F2N+. The zero-order valence-electron chi connectivity index (χ0n) is 15.0. The van der Waals surface area contributed by atoms with Gasteiger partial charge in [-0.05, 0) is 30.5 Å². The van der Waals surface area contributed by atoms with Crippen LogP contribution in [0.1, 0.15) is 58.9 Å². The van der Waals surface area contributed by atoms with Crippen LogP contribution in [0, 0.1) is 11.6 Å². The van der Waals surface area contributed by atoms with Gasteiger partial charge in [0.2, 0.25) is 5.69 Å².